The third-order valence-corrected chi connectivity index (χ3v) is 6.09. The zero-order valence-corrected chi connectivity index (χ0v) is 15.3. The molecule has 1 saturated carbocycles. The Morgan fingerprint density at radius 3 is 2.44 bits per heavy atom. The standard InChI is InChI=1S/C18H21FN2O5S/c19-13-3-5-15(6-4-13)27(24,25)21-11-18(8-16(22)17(23)9-18)12-26-14-2-1-7-20-10-14/h1-7,10,16-17,21-23H,8-9,11-12H2/t16-,17+,18?. The first kappa shape index (κ1) is 19.7. The van der Waals surface area contributed by atoms with Crippen molar-refractivity contribution in [1.82, 2.24) is 9.71 Å². The van der Waals surface area contributed by atoms with E-state index in [0.717, 1.165) is 12.1 Å². The molecule has 7 nitrogen and oxygen atoms in total. The lowest BCUT2D eigenvalue weighted by atomic mass is 9.87. The van der Waals surface area contributed by atoms with Crippen LogP contribution in [0.1, 0.15) is 12.8 Å². The molecule has 146 valence electrons. The minimum Gasteiger partial charge on any atom is -0.491 e. The van der Waals surface area contributed by atoms with E-state index in [0.29, 0.717) is 5.75 Å². The number of hydrogen-bond acceptors (Lipinski definition) is 6. The lowest BCUT2D eigenvalue weighted by Gasteiger charge is -2.29. The maximum Gasteiger partial charge on any atom is 0.240 e. The summed E-state index contributed by atoms with van der Waals surface area (Å²) in [6.45, 7) is 0.0554. The van der Waals surface area contributed by atoms with Gasteiger partial charge >= 0.3 is 0 Å². The van der Waals surface area contributed by atoms with Gasteiger partial charge in [0.15, 0.2) is 0 Å². The Kier molecular flexibility index (Phi) is 5.75. The summed E-state index contributed by atoms with van der Waals surface area (Å²) in [5, 5.41) is 19.9. The van der Waals surface area contributed by atoms with Gasteiger partial charge in [-0.2, -0.15) is 0 Å². The van der Waals surface area contributed by atoms with Gasteiger partial charge in [-0.3, -0.25) is 4.98 Å². The molecule has 2 aromatic rings. The maximum absolute atomic E-state index is 13.0. The van der Waals surface area contributed by atoms with Crippen LogP contribution in [0, 0.1) is 11.2 Å². The van der Waals surface area contributed by atoms with Gasteiger partial charge in [0.25, 0.3) is 0 Å². The molecule has 1 aromatic carbocycles. The van der Waals surface area contributed by atoms with Gasteiger partial charge in [-0.15, -0.1) is 0 Å². The lowest BCUT2D eigenvalue weighted by molar-refractivity contribution is 0.0438. The quantitative estimate of drug-likeness (QED) is 0.646. The van der Waals surface area contributed by atoms with E-state index in [1.165, 1.54) is 18.3 Å². The van der Waals surface area contributed by atoms with Crippen LogP contribution in [0.15, 0.2) is 53.7 Å². The smallest absolute Gasteiger partial charge is 0.240 e. The first-order valence-corrected chi connectivity index (χ1v) is 9.92. The zero-order chi connectivity index (χ0) is 19.5. The highest BCUT2D eigenvalue weighted by Gasteiger charge is 2.45. The van der Waals surface area contributed by atoms with Gasteiger partial charge in [0.1, 0.15) is 11.6 Å². The highest BCUT2D eigenvalue weighted by atomic mass is 32.2. The van der Waals surface area contributed by atoms with Crippen LogP contribution in [0.5, 0.6) is 5.75 Å². The third-order valence-electron chi connectivity index (χ3n) is 4.67. The summed E-state index contributed by atoms with van der Waals surface area (Å²) in [5.41, 5.74) is -0.790. The van der Waals surface area contributed by atoms with Crippen molar-refractivity contribution in [3.05, 3.63) is 54.6 Å². The summed E-state index contributed by atoms with van der Waals surface area (Å²) in [4.78, 5) is 3.89. The van der Waals surface area contributed by atoms with Gasteiger partial charge in [0.05, 0.1) is 29.9 Å². The molecule has 0 amide bonds. The second kappa shape index (κ2) is 7.89. The van der Waals surface area contributed by atoms with Crippen LogP contribution in [-0.4, -0.2) is 49.0 Å². The molecule has 3 atom stereocenters. The largest absolute Gasteiger partial charge is 0.491 e. The summed E-state index contributed by atoms with van der Waals surface area (Å²) >= 11 is 0. The van der Waals surface area contributed by atoms with Crippen LogP contribution in [0.4, 0.5) is 4.39 Å². The van der Waals surface area contributed by atoms with E-state index in [9.17, 15) is 23.0 Å². The van der Waals surface area contributed by atoms with Gasteiger partial charge in [0.2, 0.25) is 10.0 Å². The molecular weight excluding hydrogens is 375 g/mol. The number of hydrogen-bond donors (Lipinski definition) is 3. The van der Waals surface area contributed by atoms with E-state index < -0.39 is 33.5 Å². The molecule has 27 heavy (non-hydrogen) atoms. The Balaban J connectivity index is 1.73. The van der Waals surface area contributed by atoms with E-state index in [-0.39, 0.29) is 30.9 Å². The molecule has 1 fully saturated rings. The van der Waals surface area contributed by atoms with Gasteiger partial charge in [-0.1, -0.05) is 0 Å². The number of aliphatic hydroxyl groups excluding tert-OH is 2. The highest BCUT2D eigenvalue weighted by molar-refractivity contribution is 7.89. The van der Waals surface area contributed by atoms with Crippen LogP contribution in [-0.2, 0) is 10.0 Å². The zero-order valence-electron chi connectivity index (χ0n) is 14.5. The third kappa shape index (κ3) is 4.81. The second-order valence-electron chi connectivity index (χ2n) is 6.80. The first-order valence-electron chi connectivity index (χ1n) is 8.44. The number of aromatic nitrogens is 1. The van der Waals surface area contributed by atoms with Crippen LogP contribution in [0.25, 0.3) is 0 Å². The predicted octanol–water partition coefficient (Wildman–Crippen LogP) is 1.08. The molecule has 0 radical (unpaired) electrons. The summed E-state index contributed by atoms with van der Waals surface area (Å²) in [7, 11) is -3.87. The first-order chi connectivity index (χ1) is 12.8. The molecule has 0 spiro atoms. The normalized spacial score (nSPS) is 25.4. The summed E-state index contributed by atoms with van der Waals surface area (Å²) in [6, 6.07) is 7.91. The van der Waals surface area contributed by atoms with Crippen LogP contribution in [0.2, 0.25) is 0 Å². The molecule has 0 bridgehead atoms. The molecule has 0 saturated heterocycles. The summed E-state index contributed by atoms with van der Waals surface area (Å²) in [6.07, 6.45) is 1.57. The van der Waals surface area contributed by atoms with E-state index in [1.54, 1.807) is 18.3 Å². The molecule has 9 heteroatoms. The number of nitrogens with one attached hydrogen (secondary N) is 1. The fraction of sp³-hybridized carbons (Fsp3) is 0.389. The monoisotopic (exact) mass is 396 g/mol. The minimum absolute atomic E-state index is 0.0406. The maximum atomic E-state index is 13.0. The molecule has 3 N–H and O–H groups in total. The number of pyridine rings is 1. The van der Waals surface area contributed by atoms with Crippen molar-refractivity contribution in [2.24, 2.45) is 5.41 Å². The van der Waals surface area contributed by atoms with E-state index >= 15 is 0 Å². The minimum atomic E-state index is -3.87. The van der Waals surface area contributed by atoms with Crippen molar-refractivity contribution in [1.29, 1.82) is 0 Å². The van der Waals surface area contributed by atoms with Gasteiger partial charge in [0, 0.05) is 18.2 Å². The molecular formula is C18H21FN2O5S. The predicted molar refractivity (Wildman–Crippen MR) is 95.0 cm³/mol. The average Bonchev–Trinajstić information content (AvgIpc) is 2.94. The van der Waals surface area contributed by atoms with Gasteiger partial charge < -0.3 is 14.9 Å². The Hall–Kier alpha value is -2.07. The summed E-state index contributed by atoms with van der Waals surface area (Å²) < 4.78 is 46.2. The number of rotatable bonds is 7. The van der Waals surface area contributed by atoms with Crippen molar-refractivity contribution in [2.45, 2.75) is 29.9 Å². The SMILES string of the molecule is O=S(=O)(NCC1(COc2cccnc2)C[C@@H](O)[C@@H](O)C1)c1ccc(F)cc1. The number of benzene rings is 1. The van der Waals surface area contributed by atoms with Crippen molar-refractivity contribution < 1.29 is 27.8 Å². The van der Waals surface area contributed by atoms with Crippen LogP contribution in [0.3, 0.4) is 0 Å². The van der Waals surface area contributed by atoms with E-state index in [2.05, 4.69) is 9.71 Å². The number of nitrogens with zero attached hydrogens (tertiary/aromatic N) is 1. The number of halogens is 1. The second-order valence-corrected chi connectivity index (χ2v) is 8.57. The number of sulfonamides is 1. The molecule has 0 aliphatic heterocycles. The Labute approximate surface area is 156 Å². The van der Waals surface area contributed by atoms with Crippen LogP contribution >= 0.6 is 0 Å². The van der Waals surface area contributed by atoms with Crippen molar-refractivity contribution in [3.63, 3.8) is 0 Å². The lowest BCUT2D eigenvalue weighted by Crippen LogP contribution is -2.40. The van der Waals surface area contributed by atoms with E-state index in [1.807, 2.05) is 0 Å². The fourth-order valence-electron chi connectivity index (χ4n) is 3.17. The molecule has 1 heterocycles. The Bertz CT molecular complexity index is 851. The van der Waals surface area contributed by atoms with Crippen molar-refractivity contribution in [2.75, 3.05) is 13.2 Å². The van der Waals surface area contributed by atoms with Gasteiger partial charge in [-0.25, -0.2) is 17.5 Å². The van der Waals surface area contributed by atoms with Crippen LogP contribution < -0.4 is 9.46 Å². The molecule has 1 unspecified atom stereocenters. The highest BCUT2D eigenvalue weighted by Crippen LogP contribution is 2.39. The summed E-state index contributed by atoms with van der Waals surface area (Å²) in [5.74, 6) is -0.0218. The van der Waals surface area contributed by atoms with Crippen molar-refractivity contribution >= 4 is 10.0 Å². The molecule has 1 aromatic heterocycles. The van der Waals surface area contributed by atoms with Crippen molar-refractivity contribution in [3.8, 4) is 5.75 Å². The topological polar surface area (TPSA) is 109 Å². The Morgan fingerprint density at radius 1 is 1.19 bits per heavy atom. The van der Waals surface area contributed by atoms with E-state index in [4.69, 9.17) is 4.74 Å². The number of ether oxygens (including phenoxy) is 1. The number of aliphatic hydroxyl groups is 2. The molecule has 1 aliphatic rings. The average molecular weight is 396 g/mol. The van der Waals surface area contributed by atoms with Gasteiger partial charge in [-0.05, 0) is 49.2 Å². The Morgan fingerprint density at radius 2 is 1.85 bits per heavy atom. The molecule has 1 aliphatic carbocycles. The molecule has 3 rings (SSSR count). The fourth-order valence-corrected chi connectivity index (χ4v) is 4.33.